The van der Waals surface area contributed by atoms with Gasteiger partial charge in [-0.1, -0.05) is 38.1 Å². The number of carbonyl (C=O) groups excluding carboxylic acids is 1. The van der Waals surface area contributed by atoms with Crippen molar-refractivity contribution in [2.45, 2.75) is 33.7 Å². The summed E-state index contributed by atoms with van der Waals surface area (Å²) in [5.74, 6) is 0.289. The summed E-state index contributed by atoms with van der Waals surface area (Å²) in [4.78, 5) is 11.6. The first kappa shape index (κ1) is 15.3. The zero-order valence-corrected chi connectivity index (χ0v) is 12.9. The standard InChI is InChI=1S/C17H22N2O2/c1-4-21-17(20)16-9-10-19(18-16)12-15-7-5-14(6-8-15)11-13(2)3/h5-10,13H,4,11-12H2,1-3H3. The summed E-state index contributed by atoms with van der Waals surface area (Å²) >= 11 is 0. The van der Waals surface area contributed by atoms with E-state index in [0.29, 0.717) is 24.8 Å². The largest absolute Gasteiger partial charge is 0.461 e. The fourth-order valence-electron chi connectivity index (χ4n) is 2.20. The molecule has 0 amide bonds. The predicted molar refractivity (Wildman–Crippen MR) is 82.3 cm³/mol. The zero-order chi connectivity index (χ0) is 15.2. The van der Waals surface area contributed by atoms with Crippen molar-refractivity contribution in [1.29, 1.82) is 0 Å². The third-order valence-corrected chi connectivity index (χ3v) is 3.14. The first-order valence-corrected chi connectivity index (χ1v) is 7.37. The van der Waals surface area contributed by atoms with Gasteiger partial charge in [0.2, 0.25) is 0 Å². The Morgan fingerprint density at radius 3 is 2.48 bits per heavy atom. The summed E-state index contributed by atoms with van der Waals surface area (Å²) in [7, 11) is 0. The molecule has 1 aromatic heterocycles. The molecular formula is C17H22N2O2. The van der Waals surface area contributed by atoms with Crippen molar-refractivity contribution in [1.82, 2.24) is 9.78 Å². The van der Waals surface area contributed by atoms with Gasteiger partial charge in [0.15, 0.2) is 5.69 Å². The molecule has 1 heterocycles. The molecule has 0 atom stereocenters. The molecule has 0 aliphatic carbocycles. The molecule has 21 heavy (non-hydrogen) atoms. The maximum Gasteiger partial charge on any atom is 0.358 e. The van der Waals surface area contributed by atoms with Gasteiger partial charge < -0.3 is 4.74 Å². The van der Waals surface area contributed by atoms with Crippen LogP contribution in [0.5, 0.6) is 0 Å². The third-order valence-electron chi connectivity index (χ3n) is 3.14. The van der Waals surface area contributed by atoms with E-state index in [1.807, 2.05) is 0 Å². The molecule has 0 radical (unpaired) electrons. The second-order valence-corrected chi connectivity index (χ2v) is 5.53. The second kappa shape index (κ2) is 7.07. The van der Waals surface area contributed by atoms with Crippen LogP contribution < -0.4 is 0 Å². The number of carbonyl (C=O) groups is 1. The molecule has 0 fully saturated rings. The highest BCUT2D eigenvalue weighted by Gasteiger charge is 2.10. The van der Waals surface area contributed by atoms with Crippen LogP contribution in [0.4, 0.5) is 0 Å². The monoisotopic (exact) mass is 286 g/mol. The van der Waals surface area contributed by atoms with E-state index in [4.69, 9.17) is 4.74 Å². The Labute approximate surface area is 125 Å². The first-order chi connectivity index (χ1) is 10.1. The number of hydrogen-bond acceptors (Lipinski definition) is 3. The minimum atomic E-state index is -0.372. The van der Waals surface area contributed by atoms with Crippen LogP contribution in [-0.2, 0) is 17.7 Å². The Balaban J connectivity index is 2.00. The summed E-state index contributed by atoms with van der Waals surface area (Å²) < 4.78 is 6.68. The number of ether oxygens (including phenoxy) is 1. The molecular weight excluding hydrogens is 264 g/mol. The number of aromatic nitrogens is 2. The zero-order valence-electron chi connectivity index (χ0n) is 12.9. The van der Waals surface area contributed by atoms with Crippen molar-refractivity contribution in [3.05, 3.63) is 53.3 Å². The van der Waals surface area contributed by atoms with E-state index >= 15 is 0 Å². The number of hydrogen-bond donors (Lipinski definition) is 0. The summed E-state index contributed by atoms with van der Waals surface area (Å²) in [5, 5.41) is 4.24. The Morgan fingerprint density at radius 1 is 1.19 bits per heavy atom. The quantitative estimate of drug-likeness (QED) is 0.765. The van der Waals surface area contributed by atoms with E-state index in [1.165, 1.54) is 11.1 Å². The second-order valence-electron chi connectivity index (χ2n) is 5.53. The number of nitrogens with zero attached hydrogens (tertiary/aromatic N) is 2. The highest BCUT2D eigenvalue weighted by atomic mass is 16.5. The predicted octanol–water partition coefficient (Wildman–Crippen LogP) is 3.31. The Hall–Kier alpha value is -2.10. The van der Waals surface area contributed by atoms with E-state index in [9.17, 15) is 4.79 Å². The van der Waals surface area contributed by atoms with Crippen LogP contribution in [0.3, 0.4) is 0 Å². The summed E-state index contributed by atoms with van der Waals surface area (Å²) in [6.07, 6.45) is 2.89. The fraction of sp³-hybridized carbons (Fsp3) is 0.412. The molecule has 0 aliphatic rings. The minimum absolute atomic E-state index is 0.355. The molecule has 0 N–H and O–H groups in total. The van der Waals surface area contributed by atoms with Gasteiger partial charge in [-0.15, -0.1) is 0 Å². The van der Waals surface area contributed by atoms with Crippen molar-refractivity contribution in [2.75, 3.05) is 6.61 Å². The van der Waals surface area contributed by atoms with Gasteiger partial charge in [-0.05, 0) is 36.5 Å². The lowest BCUT2D eigenvalue weighted by atomic mass is 10.0. The van der Waals surface area contributed by atoms with E-state index in [1.54, 1.807) is 23.9 Å². The van der Waals surface area contributed by atoms with Gasteiger partial charge in [-0.3, -0.25) is 4.68 Å². The van der Waals surface area contributed by atoms with Gasteiger partial charge in [0.25, 0.3) is 0 Å². The average molecular weight is 286 g/mol. The van der Waals surface area contributed by atoms with Crippen molar-refractivity contribution in [3.8, 4) is 0 Å². The summed E-state index contributed by atoms with van der Waals surface area (Å²) in [6.45, 7) is 7.24. The highest BCUT2D eigenvalue weighted by molar-refractivity contribution is 5.86. The maximum absolute atomic E-state index is 11.6. The van der Waals surface area contributed by atoms with Crippen LogP contribution in [0, 0.1) is 5.92 Å². The van der Waals surface area contributed by atoms with Gasteiger partial charge in [-0.2, -0.15) is 5.10 Å². The molecule has 4 nitrogen and oxygen atoms in total. The highest BCUT2D eigenvalue weighted by Crippen LogP contribution is 2.11. The molecule has 0 saturated heterocycles. The molecule has 0 spiro atoms. The molecule has 2 aromatic rings. The first-order valence-electron chi connectivity index (χ1n) is 7.37. The Bertz CT molecular complexity index is 585. The van der Waals surface area contributed by atoms with Gasteiger partial charge in [0.1, 0.15) is 0 Å². The lowest BCUT2D eigenvalue weighted by molar-refractivity contribution is 0.0518. The van der Waals surface area contributed by atoms with Gasteiger partial charge in [0.05, 0.1) is 13.2 Å². The van der Waals surface area contributed by atoms with Crippen LogP contribution in [0.1, 0.15) is 42.4 Å². The molecule has 4 heteroatoms. The van der Waals surface area contributed by atoms with Crippen LogP contribution in [0.25, 0.3) is 0 Å². The van der Waals surface area contributed by atoms with Gasteiger partial charge in [0, 0.05) is 6.20 Å². The van der Waals surface area contributed by atoms with Crippen molar-refractivity contribution in [3.63, 3.8) is 0 Å². The summed E-state index contributed by atoms with van der Waals surface area (Å²) in [6, 6.07) is 10.2. The fourth-order valence-corrected chi connectivity index (χ4v) is 2.20. The van der Waals surface area contributed by atoms with E-state index in [0.717, 1.165) is 6.42 Å². The van der Waals surface area contributed by atoms with Crippen LogP contribution in [0.15, 0.2) is 36.5 Å². The van der Waals surface area contributed by atoms with E-state index in [2.05, 4.69) is 43.2 Å². The molecule has 1 aromatic carbocycles. The third kappa shape index (κ3) is 4.45. The van der Waals surface area contributed by atoms with Crippen LogP contribution in [-0.4, -0.2) is 22.4 Å². The summed E-state index contributed by atoms with van der Waals surface area (Å²) in [5.41, 5.74) is 2.87. The van der Waals surface area contributed by atoms with E-state index < -0.39 is 0 Å². The maximum atomic E-state index is 11.6. The van der Waals surface area contributed by atoms with Crippen molar-refractivity contribution >= 4 is 5.97 Å². The lowest BCUT2D eigenvalue weighted by Gasteiger charge is -2.07. The molecule has 0 aliphatic heterocycles. The van der Waals surface area contributed by atoms with E-state index in [-0.39, 0.29) is 5.97 Å². The van der Waals surface area contributed by atoms with Gasteiger partial charge >= 0.3 is 5.97 Å². The lowest BCUT2D eigenvalue weighted by Crippen LogP contribution is -2.07. The number of esters is 1. The van der Waals surface area contributed by atoms with Gasteiger partial charge in [-0.25, -0.2) is 4.79 Å². The average Bonchev–Trinajstić information content (AvgIpc) is 2.89. The number of benzene rings is 1. The molecule has 0 bridgehead atoms. The van der Waals surface area contributed by atoms with Crippen molar-refractivity contribution in [2.24, 2.45) is 5.92 Å². The molecule has 2 rings (SSSR count). The minimum Gasteiger partial charge on any atom is -0.461 e. The Kier molecular flexibility index (Phi) is 5.14. The SMILES string of the molecule is CCOC(=O)c1ccn(Cc2ccc(CC(C)C)cc2)n1. The molecule has 112 valence electrons. The van der Waals surface area contributed by atoms with Crippen LogP contribution in [0.2, 0.25) is 0 Å². The Morgan fingerprint density at radius 2 is 1.86 bits per heavy atom. The van der Waals surface area contributed by atoms with Crippen LogP contribution >= 0.6 is 0 Å². The molecule has 0 saturated carbocycles. The topological polar surface area (TPSA) is 44.1 Å². The smallest absolute Gasteiger partial charge is 0.358 e. The van der Waals surface area contributed by atoms with Crippen molar-refractivity contribution < 1.29 is 9.53 Å². The number of rotatable bonds is 6. The molecule has 0 unspecified atom stereocenters. The normalized spacial score (nSPS) is 10.9.